The zero-order chi connectivity index (χ0) is 21.1. The average Bonchev–Trinajstić information content (AvgIpc) is 3.34. The number of amides is 2. The fourth-order valence-electron chi connectivity index (χ4n) is 4.21. The van der Waals surface area contributed by atoms with Crippen molar-refractivity contribution in [2.24, 2.45) is 11.8 Å². The number of thiazole rings is 1. The Morgan fingerprint density at radius 2 is 2.23 bits per heavy atom. The summed E-state index contributed by atoms with van der Waals surface area (Å²) < 4.78 is 5.24. The predicted molar refractivity (Wildman–Crippen MR) is 118 cm³/mol. The average molecular weight is 429 g/mol. The molecule has 1 aromatic heterocycles. The summed E-state index contributed by atoms with van der Waals surface area (Å²) in [4.78, 5) is 33.9. The molecule has 0 radical (unpaired) electrons. The van der Waals surface area contributed by atoms with Gasteiger partial charge >= 0.3 is 0 Å². The number of hydrogen-bond acceptors (Lipinski definition) is 6. The molecular weight excluding hydrogens is 400 g/mol. The van der Waals surface area contributed by atoms with Gasteiger partial charge in [-0.25, -0.2) is 4.98 Å². The smallest absolute Gasteiger partial charge is 0.231 e. The first-order valence-corrected chi connectivity index (χ1v) is 11.3. The molecule has 8 heteroatoms. The van der Waals surface area contributed by atoms with E-state index in [9.17, 15) is 9.59 Å². The minimum atomic E-state index is -0.390. The summed E-state index contributed by atoms with van der Waals surface area (Å²) in [6, 6.07) is 7.34. The molecule has 2 aromatic rings. The molecule has 0 saturated carbocycles. The molecule has 2 aliphatic heterocycles. The van der Waals surface area contributed by atoms with Gasteiger partial charge in [0.2, 0.25) is 11.8 Å². The molecule has 2 unspecified atom stereocenters. The highest BCUT2D eigenvalue weighted by Crippen LogP contribution is 2.29. The molecule has 4 rings (SSSR count). The summed E-state index contributed by atoms with van der Waals surface area (Å²) in [5.41, 5.74) is 1.74. The Labute approximate surface area is 181 Å². The normalized spacial score (nSPS) is 22.3. The molecule has 2 fully saturated rings. The molecular formula is C22H28N4O3S. The van der Waals surface area contributed by atoms with E-state index in [0.717, 1.165) is 36.9 Å². The van der Waals surface area contributed by atoms with E-state index < -0.39 is 0 Å². The van der Waals surface area contributed by atoms with E-state index in [1.54, 1.807) is 12.0 Å². The third kappa shape index (κ3) is 4.82. The first-order chi connectivity index (χ1) is 14.5. The van der Waals surface area contributed by atoms with Gasteiger partial charge in [-0.3, -0.25) is 14.5 Å². The van der Waals surface area contributed by atoms with E-state index in [4.69, 9.17) is 4.74 Å². The lowest BCUT2D eigenvalue weighted by molar-refractivity contribution is -0.122. The standard InChI is InChI=1S/C22H28N4O3S/c1-15-5-4-8-25(11-15)13-17-14-30-22(23-17)24-21(28)16-9-20(27)26(12-16)18-6-3-7-19(10-18)29-2/h3,6-7,10,14-16H,4-5,8-9,11-13H2,1-2H3,(H,23,24,28). The van der Waals surface area contributed by atoms with E-state index in [0.29, 0.717) is 17.4 Å². The quantitative estimate of drug-likeness (QED) is 0.764. The number of hydrogen-bond donors (Lipinski definition) is 1. The number of rotatable bonds is 6. The molecule has 0 bridgehead atoms. The lowest BCUT2D eigenvalue weighted by Gasteiger charge is -2.30. The van der Waals surface area contributed by atoms with Crippen molar-refractivity contribution in [1.29, 1.82) is 0 Å². The highest BCUT2D eigenvalue weighted by molar-refractivity contribution is 7.13. The minimum absolute atomic E-state index is 0.0533. The summed E-state index contributed by atoms with van der Waals surface area (Å²) in [6.07, 6.45) is 2.73. The Bertz CT molecular complexity index is 915. The Morgan fingerprint density at radius 3 is 3.03 bits per heavy atom. The Morgan fingerprint density at radius 1 is 1.37 bits per heavy atom. The van der Waals surface area contributed by atoms with Crippen LogP contribution in [0.4, 0.5) is 10.8 Å². The zero-order valence-electron chi connectivity index (χ0n) is 17.5. The second-order valence-electron chi connectivity index (χ2n) is 8.22. The number of benzene rings is 1. The van der Waals surface area contributed by atoms with Crippen LogP contribution in [0.1, 0.15) is 31.9 Å². The number of nitrogens with zero attached hydrogens (tertiary/aromatic N) is 3. The van der Waals surface area contributed by atoms with Crippen LogP contribution < -0.4 is 15.0 Å². The molecule has 3 heterocycles. The molecule has 0 aliphatic carbocycles. The van der Waals surface area contributed by atoms with Gasteiger partial charge in [-0.15, -0.1) is 11.3 Å². The molecule has 2 aliphatic rings. The van der Waals surface area contributed by atoms with Crippen molar-refractivity contribution in [2.45, 2.75) is 32.7 Å². The van der Waals surface area contributed by atoms with Crippen molar-refractivity contribution in [3.63, 3.8) is 0 Å². The van der Waals surface area contributed by atoms with Crippen LogP contribution in [0.25, 0.3) is 0 Å². The summed E-state index contributed by atoms with van der Waals surface area (Å²) in [5, 5.41) is 5.53. The van der Waals surface area contributed by atoms with Crippen molar-refractivity contribution < 1.29 is 14.3 Å². The number of methoxy groups -OCH3 is 1. The Balaban J connectivity index is 1.34. The lowest BCUT2D eigenvalue weighted by atomic mass is 10.0. The summed E-state index contributed by atoms with van der Waals surface area (Å²) in [7, 11) is 1.59. The summed E-state index contributed by atoms with van der Waals surface area (Å²) >= 11 is 1.44. The monoisotopic (exact) mass is 428 g/mol. The van der Waals surface area contributed by atoms with Gasteiger partial charge in [0.15, 0.2) is 5.13 Å². The molecule has 7 nitrogen and oxygen atoms in total. The van der Waals surface area contributed by atoms with Gasteiger partial charge in [0.25, 0.3) is 0 Å². The van der Waals surface area contributed by atoms with Crippen molar-refractivity contribution in [3.8, 4) is 5.75 Å². The van der Waals surface area contributed by atoms with E-state index in [1.807, 2.05) is 29.6 Å². The van der Waals surface area contributed by atoms with Crippen LogP contribution in [-0.2, 0) is 16.1 Å². The molecule has 1 aromatic carbocycles. The molecule has 2 atom stereocenters. The van der Waals surface area contributed by atoms with Crippen LogP contribution in [0.15, 0.2) is 29.6 Å². The number of aromatic nitrogens is 1. The van der Waals surface area contributed by atoms with Crippen molar-refractivity contribution >= 4 is 34.0 Å². The van der Waals surface area contributed by atoms with Gasteiger partial charge in [0.1, 0.15) is 5.75 Å². The van der Waals surface area contributed by atoms with Crippen LogP contribution in [0.5, 0.6) is 5.75 Å². The SMILES string of the molecule is COc1cccc(N2CC(C(=O)Nc3nc(CN4CCCC(C)C4)cs3)CC2=O)c1. The molecule has 160 valence electrons. The van der Waals surface area contributed by atoms with Gasteiger partial charge in [-0.05, 0) is 37.4 Å². The molecule has 2 saturated heterocycles. The topological polar surface area (TPSA) is 74.8 Å². The van der Waals surface area contributed by atoms with Crippen LogP contribution >= 0.6 is 11.3 Å². The number of ether oxygens (including phenoxy) is 1. The Kier molecular flexibility index (Phi) is 6.34. The van der Waals surface area contributed by atoms with Gasteiger partial charge in [0, 0.05) is 43.2 Å². The van der Waals surface area contributed by atoms with Crippen molar-refractivity contribution in [1.82, 2.24) is 9.88 Å². The van der Waals surface area contributed by atoms with Crippen LogP contribution in [0.2, 0.25) is 0 Å². The summed E-state index contributed by atoms with van der Waals surface area (Å²) in [6.45, 7) is 5.68. The number of likely N-dealkylation sites (tertiary alicyclic amines) is 1. The summed E-state index contributed by atoms with van der Waals surface area (Å²) in [5.74, 6) is 0.818. The van der Waals surface area contributed by atoms with Gasteiger partial charge < -0.3 is 15.0 Å². The maximum absolute atomic E-state index is 12.7. The number of piperidine rings is 1. The first-order valence-electron chi connectivity index (χ1n) is 10.4. The molecule has 0 spiro atoms. The van der Waals surface area contributed by atoms with Gasteiger partial charge in [0.05, 0.1) is 18.7 Å². The fraction of sp³-hybridized carbons (Fsp3) is 0.500. The molecule has 30 heavy (non-hydrogen) atoms. The first kappa shape index (κ1) is 20.8. The third-order valence-corrected chi connectivity index (χ3v) is 6.58. The van der Waals surface area contributed by atoms with E-state index in [-0.39, 0.29) is 24.2 Å². The highest BCUT2D eigenvalue weighted by atomic mass is 32.1. The minimum Gasteiger partial charge on any atom is -0.497 e. The van der Waals surface area contributed by atoms with Gasteiger partial charge in [-0.1, -0.05) is 13.0 Å². The second kappa shape index (κ2) is 9.14. The van der Waals surface area contributed by atoms with E-state index in [1.165, 1.54) is 24.2 Å². The maximum atomic E-state index is 12.7. The van der Waals surface area contributed by atoms with Crippen LogP contribution in [-0.4, -0.2) is 48.4 Å². The fourth-order valence-corrected chi connectivity index (χ4v) is 4.92. The second-order valence-corrected chi connectivity index (χ2v) is 9.08. The maximum Gasteiger partial charge on any atom is 0.231 e. The van der Waals surface area contributed by atoms with E-state index >= 15 is 0 Å². The highest BCUT2D eigenvalue weighted by Gasteiger charge is 2.35. The van der Waals surface area contributed by atoms with Gasteiger partial charge in [-0.2, -0.15) is 0 Å². The third-order valence-electron chi connectivity index (χ3n) is 5.77. The molecule has 2 amide bonds. The number of carbonyl (C=O) groups excluding carboxylic acids is 2. The number of anilines is 2. The Hall–Kier alpha value is -2.45. The van der Waals surface area contributed by atoms with Crippen molar-refractivity contribution in [2.75, 3.05) is 37.0 Å². The van der Waals surface area contributed by atoms with E-state index in [2.05, 4.69) is 22.1 Å². The van der Waals surface area contributed by atoms with Crippen LogP contribution in [0, 0.1) is 11.8 Å². The number of carbonyl (C=O) groups is 2. The zero-order valence-corrected chi connectivity index (χ0v) is 18.3. The van der Waals surface area contributed by atoms with Crippen molar-refractivity contribution in [3.05, 3.63) is 35.3 Å². The van der Waals surface area contributed by atoms with Crippen LogP contribution in [0.3, 0.4) is 0 Å². The number of nitrogens with one attached hydrogen (secondary N) is 1. The largest absolute Gasteiger partial charge is 0.497 e. The predicted octanol–water partition coefficient (Wildman–Crippen LogP) is 3.38. The molecule has 1 N–H and O–H groups in total. The lowest BCUT2D eigenvalue weighted by Crippen LogP contribution is -2.33.